The van der Waals surface area contributed by atoms with Crippen LogP contribution in [0.3, 0.4) is 0 Å². The summed E-state index contributed by atoms with van der Waals surface area (Å²) in [5.41, 5.74) is -25.8. The lowest BCUT2D eigenvalue weighted by Gasteiger charge is -2.36. The van der Waals surface area contributed by atoms with Crippen LogP contribution in [-0.4, -0.2) is 88.7 Å². The van der Waals surface area contributed by atoms with Crippen LogP contribution in [0, 0.1) is 152 Å². The van der Waals surface area contributed by atoms with Gasteiger partial charge in [0.05, 0.1) is 29.6 Å². The molecule has 6 aromatic carbocycles. The van der Waals surface area contributed by atoms with Gasteiger partial charge in [-0.1, -0.05) is 83.1 Å². The Labute approximate surface area is 592 Å². The lowest BCUT2D eigenvalue weighted by Crippen LogP contribution is -2.47. The van der Waals surface area contributed by atoms with Crippen LogP contribution in [0.1, 0.15) is 220 Å². The molecule has 6 rings (SSSR count). The monoisotopic (exact) mass is 1560 g/mol. The topological polar surface area (TPSA) is 167 Å². The predicted molar refractivity (Wildman–Crippen MR) is 324 cm³/mol. The molecule has 13 nitrogen and oxygen atoms in total. The number of carbonyl (C=O) groups excluding carboxylic acids is 6. The number of ether oxygens (including phenoxy) is 7. The largest absolute Gasteiger partial charge is 0.461 e. The lowest BCUT2D eigenvalue weighted by atomic mass is 9.89. The molecule has 0 aliphatic carbocycles. The van der Waals surface area contributed by atoms with E-state index in [9.17, 15) is 50.7 Å². The Balaban J connectivity index is 1.71. The van der Waals surface area contributed by atoms with E-state index in [4.69, 9.17) is 33.2 Å². The van der Waals surface area contributed by atoms with Crippen molar-refractivity contribution in [3.8, 4) is 0 Å². The highest BCUT2D eigenvalue weighted by Crippen LogP contribution is 2.40. The molecule has 0 spiro atoms. The molecule has 0 bridgehead atoms. The summed E-state index contributed by atoms with van der Waals surface area (Å²) < 4.78 is 392. The van der Waals surface area contributed by atoms with Crippen LogP contribution < -0.4 is 0 Å². The van der Waals surface area contributed by atoms with Gasteiger partial charge in [0.25, 0.3) is 0 Å². The van der Waals surface area contributed by atoms with E-state index in [0.717, 1.165) is 83.1 Å². The molecule has 0 heterocycles. The van der Waals surface area contributed by atoms with Crippen LogP contribution in [0.4, 0.5) is 101 Å². The van der Waals surface area contributed by atoms with Crippen LogP contribution in [0.5, 0.6) is 0 Å². The maximum atomic E-state index is 16.0. The first kappa shape index (κ1) is 86.4. The Bertz CT molecular complexity index is 3850. The van der Waals surface area contributed by atoms with E-state index in [1.165, 1.54) is 0 Å². The fourth-order valence-corrected chi connectivity index (χ4v) is 11.3. The maximum Gasteiger partial charge on any atom is 0.341 e. The van der Waals surface area contributed by atoms with Gasteiger partial charge >= 0.3 is 35.8 Å². The Hall–Kier alpha value is -9.51. The first-order valence-electron chi connectivity index (χ1n) is 31.6. The number of halogens is 23. The second kappa shape index (κ2) is 33.7. The summed E-state index contributed by atoms with van der Waals surface area (Å²) in [6.45, 7) is -3.32. The van der Waals surface area contributed by atoms with Crippen molar-refractivity contribution < 1.29 is 163 Å². The number of carbonyl (C=O) groups is 6. The van der Waals surface area contributed by atoms with E-state index < -0.39 is 341 Å². The molecule has 6 aromatic rings. The van der Waals surface area contributed by atoms with E-state index in [1.54, 1.807) is 0 Å². The molecule has 0 saturated heterocycles. The number of hydrogen-bond donors (Lipinski definition) is 0. The quantitative estimate of drug-likeness (QED) is 0.0150. The number of esters is 6. The zero-order chi connectivity index (χ0) is 81.3. The molecular formula is C71H61F23O13. The van der Waals surface area contributed by atoms with Crippen LogP contribution in [0.2, 0.25) is 0 Å². The average Bonchev–Trinajstić information content (AvgIpc) is 0.798. The molecule has 0 atom stereocenters. The summed E-state index contributed by atoms with van der Waals surface area (Å²) in [4.78, 5) is 86.0. The molecule has 0 N–H and O–H groups in total. The minimum atomic E-state index is -3.36. The van der Waals surface area contributed by atoms with Crippen molar-refractivity contribution in [3.05, 3.63) is 206 Å². The van der Waals surface area contributed by atoms with Crippen molar-refractivity contribution in [1.82, 2.24) is 0 Å². The third-order valence-corrected chi connectivity index (χ3v) is 16.7. The summed E-state index contributed by atoms with van der Waals surface area (Å²) in [7, 11) is 0. The first-order valence-corrected chi connectivity index (χ1v) is 31.6. The second-order valence-electron chi connectivity index (χ2n) is 26.5. The van der Waals surface area contributed by atoms with Gasteiger partial charge in [-0.25, -0.2) is 130 Å². The summed E-state index contributed by atoms with van der Waals surface area (Å²) in [5.74, 6) is -79.6. The molecule has 36 heteroatoms. The van der Waals surface area contributed by atoms with Crippen LogP contribution in [0.15, 0.2) is 0 Å². The Kier molecular flexibility index (Phi) is 27.2. The molecule has 584 valence electrons. The molecule has 0 aliphatic rings. The molecule has 107 heavy (non-hydrogen) atoms. The summed E-state index contributed by atoms with van der Waals surface area (Å²) >= 11 is 0. The highest BCUT2D eigenvalue weighted by molar-refractivity contribution is 5.95. The van der Waals surface area contributed by atoms with Crippen LogP contribution in [-0.2, 0) is 33.2 Å². The van der Waals surface area contributed by atoms with Gasteiger partial charge in [-0.05, 0) is 42.4 Å². The molecule has 0 fully saturated rings. The van der Waals surface area contributed by atoms with Crippen molar-refractivity contribution in [2.75, 3.05) is 52.9 Å². The summed E-state index contributed by atoms with van der Waals surface area (Å²) in [6, 6.07) is 0. The maximum absolute atomic E-state index is 16.0. The third kappa shape index (κ3) is 16.8. The van der Waals surface area contributed by atoms with Crippen molar-refractivity contribution in [2.45, 2.75) is 126 Å². The van der Waals surface area contributed by atoms with E-state index in [0.29, 0.717) is 6.92 Å². The van der Waals surface area contributed by atoms with Gasteiger partial charge in [0, 0.05) is 38.9 Å². The van der Waals surface area contributed by atoms with E-state index >= 15 is 79.0 Å². The van der Waals surface area contributed by atoms with Crippen LogP contribution >= 0.6 is 0 Å². The Morgan fingerprint density at radius 2 is 0.355 bits per heavy atom. The zero-order valence-corrected chi connectivity index (χ0v) is 58.1. The first-order chi connectivity index (χ1) is 49.5. The van der Waals surface area contributed by atoms with Gasteiger partial charge in [0.2, 0.25) is 0 Å². The average molecular weight is 1560 g/mol. The molecule has 0 unspecified atom stereocenters. The molecular weight excluding hydrogens is 1500 g/mol. The summed E-state index contributed by atoms with van der Waals surface area (Å²) in [6.07, 6.45) is 0. The minimum Gasteiger partial charge on any atom is -0.461 e. The fourth-order valence-electron chi connectivity index (χ4n) is 11.3. The molecule has 0 aliphatic heterocycles. The van der Waals surface area contributed by atoms with Crippen molar-refractivity contribution in [3.63, 3.8) is 0 Å². The number of benzene rings is 6. The molecule has 0 saturated carbocycles. The lowest BCUT2D eigenvalue weighted by molar-refractivity contribution is -0.112. The Morgan fingerprint density at radius 1 is 0.215 bits per heavy atom. The minimum absolute atomic E-state index is 0.666. The van der Waals surface area contributed by atoms with Gasteiger partial charge in [0.15, 0.2) is 134 Å². The smallest absolute Gasteiger partial charge is 0.341 e. The second-order valence-corrected chi connectivity index (χ2v) is 26.5. The van der Waals surface area contributed by atoms with Gasteiger partial charge in [-0.3, -0.25) is 0 Å². The van der Waals surface area contributed by atoms with Crippen LogP contribution in [0.25, 0.3) is 0 Å². The zero-order valence-electron chi connectivity index (χ0n) is 58.1. The molecule has 0 aromatic heterocycles. The van der Waals surface area contributed by atoms with Gasteiger partial charge < -0.3 is 33.2 Å². The molecule has 0 amide bonds. The van der Waals surface area contributed by atoms with Crippen molar-refractivity contribution in [2.24, 2.45) is 10.8 Å². The normalized spacial score (nSPS) is 12.1. The van der Waals surface area contributed by atoms with Gasteiger partial charge in [-0.15, -0.1) is 0 Å². The van der Waals surface area contributed by atoms with E-state index in [1.807, 2.05) is 0 Å². The fraction of sp³-hybridized carbons (Fsp3) is 0.408. The highest BCUT2D eigenvalue weighted by atomic mass is 19.2. The van der Waals surface area contributed by atoms with Gasteiger partial charge in [-0.2, -0.15) is 0 Å². The molecule has 0 radical (unpaired) electrons. The van der Waals surface area contributed by atoms with Crippen molar-refractivity contribution in [1.29, 1.82) is 0 Å². The van der Waals surface area contributed by atoms with Gasteiger partial charge in [0.1, 0.15) is 67.5 Å². The van der Waals surface area contributed by atoms with E-state index in [-0.39, 0.29) is 0 Å². The number of hydrogen-bond acceptors (Lipinski definition) is 13. The Morgan fingerprint density at radius 3 is 0.523 bits per heavy atom. The van der Waals surface area contributed by atoms with Crippen molar-refractivity contribution >= 4 is 35.8 Å². The SMILES string of the molecule is Cc1c(F)c(F)c(F)c(C(C)C)c1C(=O)OCC(COCC(COC(=O)c1c(F)c(F)c(F)c(F)c1C(C)C)(COC(=O)c1c(F)c(F)c(F)c(F)c1C(C)C)COC(=O)c1c(F)c(F)c(F)c(F)c1C(C)C)(COC(=O)c1c(F)c(F)c(F)c(F)c1C(C)C)COC(=O)c1c(F)c(F)c(F)c(F)c1C(C)C. The summed E-state index contributed by atoms with van der Waals surface area (Å²) in [5, 5.41) is 0. The highest BCUT2D eigenvalue weighted by Gasteiger charge is 2.46. The van der Waals surface area contributed by atoms with E-state index in [2.05, 4.69) is 0 Å². The predicted octanol–water partition coefficient (Wildman–Crippen LogP) is 18.4. The standard InChI is InChI=1S/C71H61F23O13/c1-22(2)29-35(28(13)41(72)53(84)42(29)73)64(95)102-16-70(17-103-65(96)36-30(23(3)4)43(74)54(85)59(90)48(36)79,18-104-66(97)37-31(24(5)6)44(75)55(86)60(91)49(37)80)14-101-15-71(19-105-67(98)38-32(25(7)8)45(76)56(87)61(92)50(38)81,20-106-68(99)39-33(26(9)10)46(77)57(88)62(93)51(39)82)21-107-69(100)40-34(27(11)12)47(78)58(89)63(94)52(40)83/h22-27H,14-21H2,1-13H3. The third-order valence-electron chi connectivity index (χ3n) is 16.7. The number of rotatable bonds is 28.